The van der Waals surface area contributed by atoms with Crippen LogP contribution in [0.25, 0.3) is 54.5 Å². The molecule has 0 bridgehead atoms. The van der Waals surface area contributed by atoms with Gasteiger partial charge in [-0.3, -0.25) is 0 Å². The summed E-state index contributed by atoms with van der Waals surface area (Å²) in [5.74, 6) is 0.869. The molecule has 0 spiro atoms. The largest absolute Gasteiger partial charge is 0.360 e. The Morgan fingerprint density at radius 2 is 1.42 bits per heavy atom. The molecule has 6 rings (SSSR count). The lowest BCUT2D eigenvalue weighted by atomic mass is 10.0. The van der Waals surface area contributed by atoms with Gasteiger partial charge in [0.15, 0.2) is 0 Å². The molecule has 0 aliphatic heterocycles. The second-order valence-corrected chi connectivity index (χ2v) is 8.40. The third kappa shape index (κ3) is 2.95. The standard InChI is InChI=1S/C25H19N5S/c1-2-26-25-30-29-24(31-25)16-13-11-15(12-14-16)23-27-21-19-9-5-3-7-17(19)18-8-4-6-10-20(18)22(21)28-23/h3-14H,2H2,1H3,(H,26,30)(H,27,28). The normalized spacial score (nSPS) is 11.5. The minimum atomic E-state index is 0.836. The van der Waals surface area contributed by atoms with E-state index in [0.717, 1.165) is 44.7 Å². The fourth-order valence-electron chi connectivity index (χ4n) is 4.09. The third-order valence-corrected chi connectivity index (χ3v) is 6.46. The smallest absolute Gasteiger partial charge is 0.205 e. The molecule has 0 amide bonds. The van der Waals surface area contributed by atoms with Gasteiger partial charge in [0.1, 0.15) is 10.8 Å². The molecule has 0 saturated heterocycles. The zero-order valence-corrected chi connectivity index (χ0v) is 17.7. The molecule has 0 aliphatic carbocycles. The molecule has 6 aromatic rings. The summed E-state index contributed by atoms with van der Waals surface area (Å²) in [7, 11) is 0. The second kappa shape index (κ2) is 7.18. The zero-order valence-electron chi connectivity index (χ0n) is 16.9. The fraction of sp³-hybridized carbons (Fsp3) is 0.0800. The Morgan fingerprint density at radius 3 is 2.16 bits per heavy atom. The second-order valence-electron chi connectivity index (χ2n) is 7.42. The predicted molar refractivity (Wildman–Crippen MR) is 130 cm³/mol. The quantitative estimate of drug-likeness (QED) is 0.319. The van der Waals surface area contributed by atoms with E-state index in [2.05, 4.69) is 100 Å². The van der Waals surface area contributed by atoms with Gasteiger partial charge in [-0.15, -0.1) is 10.2 Å². The molecule has 5 nitrogen and oxygen atoms in total. The first-order valence-corrected chi connectivity index (χ1v) is 11.1. The van der Waals surface area contributed by atoms with Crippen molar-refractivity contribution in [1.82, 2.24) is 20.2 Å². The number of imidazole rings is 1. The van der Waals surface area contributed by atoms with Crippen molar-refractivity contribution >= 4 is 49.0 Å². The van der Waals surface area contributed by atoms with E-state index >= 15 is 0 Å². The van der Waals surface area contributed by atoms with Crippen LogP contribution in [-0.2, 0) is 0 Å². The molecular formula is C25H19N5S. The van der Waals surface area contributed by atoms with Crippen LogP contribution in [0, 0.1) is 0 Å². The van der Waals surface area contributed by atoms with Gasteiger partial charge in [0.05, 0.1) is 11.0 Å². The lowest BCUT2D eigenvalue weighted by molar-refractivity contribution is 1.07. The molecule has 2 N–H and O–H groups in total. The van der Waals surface area contributed by atoms with Gasteiger partial charge in [0, 0.05) is 28.4 Å². The van der Waals surface area contributed by atoms with Crippen LogP contribution in [0.3, 0.4) is 0 Å². The lowest BCUT2D eigenvalue weighted by Gasteiger charge is -2.05. The number of hydrogen-bond acceptors (Lipinski definition) is 5. The number of fused-ring (bicyclic) bond motifs is 6. The summed E-state index contributed by atoms with van der Waals surface area (Å²) in [6.45, 7) is 2.89. The molecule has 0 aliphatic rings. The Labute approximate surface area is 182 Å². The molecule has 0 radical (unpaired) electrons. The number of rotatable bonds is 4. The van der Waals surface area contributed by atoms with E-state index in [4.69, 9.17) is 4.98 Å². The number of nitrogens with zero attached hydrogens (tertiary/aromatic N) is 3. The molecule has 31 heavy (non-hydrogen) atoms. The van der Waals surface area contributed by atoms with E-state index in [1.165, 1.54) is 21.5 Å². The van der Waals surface area contributed by atoms with Crippen LogP contribution in [0.15, 0.2) is 72.8 Å². The maximum absolute atomic E-state index is 5.00. The summed E-state index contributed by atoms with van der Waals surface area (Å²) >= 11 is 1.56. The van der Waals surface area contributed by atoms with E-state index < -0.39 is 0 Å². The fourth-order valence-corrected chi connectivity index (χ4v) is 4.91. The molecule has 0 saturated carbocycles. The van der Waals surface area contributed by atoms with Crippen LogP contribution in [-0.4, -0.2) is 26.7 Å². The molecule has 2 heterocycles. The maximum atomic E-state index is 5.00. The summed E-state index contributed by atoms with van der Waals surface area (Å²) in [5.41, 5.74) is 4.18. The van der Waals surface area contributed by atoms with Crippen LogP contribution in [0.2, 0.25) is 0 Å². The molecule has 0 atom stereocenters. The number of nitrogens with one attached hydrogen (secondary N) is 2. The van der Waals surface area contributed by atoms with Crippen LogP contribution in [0.5, 0.6) is 0 Å². The Balaban J connectivity index is 1.47. The van der Waals surface area contributed by atoms with Crippen LogP contribution < -0.4 is 5.32 Å². The minimum absolute atomic E-state index is 0.836. The van der Waals surface area contributed by atoms with E-state index in [1.54, 1.807) is 11.3 Å². The number of H-pyrrole nitrogens is 1. The first-order chi connectivity index (χ1) is 15.3. The number of aromatic nitrogens is 4. The first-order valence-electron chi connectivity index (χ1n) is 10.3. The summed E-state index contributed by atoms with van der Waals surface area (Å²) < 4.78 is 0. The zero-order chi connectivity index (χ0) is 20.8. The molecule has 150 valence electrons. The summed E-state index contributed by atoms with van der Waals surface area (Å²) in [5, 5.41) is 18.3. The van der Waals surface area contributed by atoms with Crippen molar-refractivity contribution in [2.45, 2.75) is 6.92 Å². The summed E-state index contributed by atoms with van der Waals surface area (Å²) in [6, 6.07) is 25.3. The third-order valence-electron chi connectivity index (χ3n) is 5.53. The summed E-state index contributed by atoms with van der Waals surface area (Å²) in [6.07, 6.45) is 0. The van der Waals surface area contributed by atoms with Gasteiger partial charge in [-0.2, -0.15) is 0 Å². The Kier molecular flexibility index (Phi) is 4.18. The van der Waals surface area contributed by atoms with Gasteiger partial charge in [0.25, 0.3) is 0 Å². The lowest BCUT2D eigenvalue weighted by Crippen LogP contribution is -1.94. The van der Waals surface area contributed by atoms with Gasteiger partial charge in [0.2, 0.25) is 5.13 Å². The molecule has 6 heteroatoms. The van der Waals surface area contributed by atoms with E-state index in [0.29, 0.717) is 0 Å². The van der Waals surface area contributed by atoms with E-state index in [-0.39, 0.29) is 0 Å². The van der Waals surface area contributed by atoms with Crippen LogP contribution in [0.4, 0.5) is 5.13 Å². The van der Waals surface area contributed by atoms with Crippen molar-refractivity contribution in [3.8, 4) is 22.0 Å². The first kappa shape index (κ1) is 18.0. The minimum Gasteiger partial charge on any atom is -0.360 e. The van der Waals surface area contributed by atoms with Gasteiger partial charge in [-0.1, -0.05) is 84.1 Å². The van der Waals surface area contributed by atoms with Crippen molar-refractivity contribution in [3.63, 3.8) is 0 Å². The number of benzene rings is 4. The van der Waals surface area contributed by atoms with Crippen molar-refractivity contribution in [3.05, 3.63) is 72.8 Å². The highest BCUT2D eigenvalue weighted by Crippen LogP contribution is 2.35. The van der Waals surface area contributed by atoms with Crippen molar-refractivity contribution in [1.29, 1.82) is 0 Å². The molecule has 0 unspecified atom stereocenters. The Bertz CT molecular complexity index is 1470. The molecule has 4 aromatic carbocycles. The highest BCUT2D eigenvalue weighted by atomic mass is 32.1. The van der Waals surface area contributed by atoms with Gasteiger partial charge >= 0.3 is 0 Å². The molecular weight excluding hydrogens is 402 g/mol. The van der Waals surface area contributed by atoms with Crippen LogP contribution in [0.1, 0.15) is 6.92 Å². The van der Waals surface area contributed by atoms with Crippen molar-refractivity contribution in [2.75, 3.05) is 11.9 Å². The van der Waals surface area contributed by atoms with E-state index in [9.17, 15) is 0 Å². The molecule has 2 aromatic heterocycles. The number of aromatic amines is 1. The average Bonchev–Trinajstić information content (AvgIpc) is 3.48. The van der Waals surface area contributed by atoms with Gasteiger partial charge < -0.3 is 10.3 Å². The average molecular weight is 422 g/mol. The topological polar surface area (TPSA) is 66.5 Å². The maximum Gasteiger partial charge on any atom is 0.205 e. The van der Waals surface area contributed by atoms with Gasteiger partial charge in [-0.25, -0.2) is 4.98 Å². The van der Waals surface area contributed by atoms with Gasteiger partial charge in [-0.05, 0) is 17.7 Å². The number of anilines is 1. The monoisotopic (exact) mass is 421 g/mol. The predicted octanol–water partition coefficient (Wildman–Crippen LogP) is 6.49. The highest BCUT2D eigenvalue weighted by molar-refractivity contribution is 7.18. The van der Waals surface area contributed by atoms with Crippen molar-refractivity contribution < 1.29 is 0 Å². The number of hydrogen-bond donors (Lipinski definition) is 2. The summed E-state index contributed by atoms with van der Waals surface area (Å²) in [4.78, 5) is 8.58. The van der Waals surface area contributed by atoms with Crippen LogP contribution >= 0.6 is 11.3 Å². The van der Waals surface area contributed by atoms with E-state index in [1.807, 2.05) is 0 Å². The Hall–Kier alpha value is -3.77. The Morgan fingerprint density at radius 1 is 0.774 bits per heavy atom. The highest BCUT2D eigenvalue weighted by Gasteiger charge is 2.14. The SMILES string of the molecule is CCNc1nnc(-c2ccc(-c3nc4c5ccccc5c5ccccc5c4[nH]3)cc2)s1. The van der Waals surface area contributed by atoms with Crippen molar-refractivity contribution in [2.24, 2.45) is 0 Å². The molecule has 0 fully saturated rings.